The van der Waals surface area contributed by atoms with Gasteiger partial charge in [-0.1, -0.05) is 0 Å². The third-order valence-electron chi connectivity index (χ3n) is 2.16. The summed E-state index contributed by atoms with van der Waals surface area (Å²) in [6, 6.07) is 0. The van der Waals surface area contributed by atoms with Crippen molar-refractivity contribution in [1.29, 1.82) is 0 Å². The first kappa shape index (κ1) is 10.4. The van der Waals surface area contributed by atoms with Crippen LogP contribution in [0.25, 0.3) is 0 Å². The Kier molecular flexibility index (Phi) is 3.65. The first-order valence-corrected chi connectivity index (χ1v) is 4.32. The first-order chi connectivity index (χ1) is 6.18. The van der Waals surface area contributed by atoms with Gasteiger partial charge in [0.2, 0.25) is 0 Å². The molecule has 0 aliphatic carbocycles. The molecule has 0 aromatic carbocycles. The largest absolute Gasteiger partial charge is 0.480 e. The molecule has 0 aromatic rings. The molecule has 0 aromatic heterocycles. The van der Waals surface area contributed by atoms with Gasteiger partial charge >= 0.3 is 5.97 Å². The Morgan fingerprint density at radius 3 is 2.92 bits per heavy atom. The highest BCUT2D eigenvalue weighted by Crippen LogP contribution is 2.21. The van der Waals surface area contributed by atoms with Crippen LogP contribution in [0.5, 0.6) is 0 Å². The Labute approximate surface area is 76.8 Å². The molecule has 1 atom stereocenters. The van der Waals surface area contributed by atoms with Crippen LogP contribution in [0.1, 0.15) is 12.8 Å². The number of aliphatic carboxylic acids is 1. The molecule has 3 N–H and O–H groups in total. The fourth-order valence-electron chi connectivity index (χ4n) is 1.38. The summed E-state index contributed by atoms with van der Waals surface area (Å²) in [4.78, 5) is 10.3. The van der Waals surface area contributed by atoms with Crippen LogP contribution < -0.4 is 5.73 Å². The van der Waals surface area contributed by atoms with Crippen LogP contribution in [0.15, 0.2) is 0 Å². The van der Waals surface area contributed by atoms with E-state index in [1.807, 2.05) is 0 Å². The summed E-state index contributed by atoms with van der Waals surface area (Å²) in [6.45, 7) is 1.11. The average Bonchev–Trinajstić information content (AvgIpc) is 2.16. The quantitative estimate of drug-likeness (QED) is 0.628. The van der Waals surface area contributed by atoms with E-state index < -0.39 is 11.6 Å². The molecule has 0 saturated carbocycles. The van der Waals surface area contributed by atoms with Crippen molar-refractivity contribution in [2.75, 3.05) is 26.4 Å². The average molecular weight is 189 g/mol. The minimum atomic E-state index is -0.974. The van der Waals surface area contributed by atoms with E-state index >= 15 is 0 Å². The molecular formula is C8H15NO4. The summed E-state index contributed by atoms with van der Waals surface area (Å²) in [5.74, 6) is -0.974. The van der Waals surface area contributed by atoms with Gasteiger partial charge in [0.1, 0.15) is 12.2 Å². The Morgan fingerprint density at radius 1 is 1.69 bits per heavy atom. The summed E-state index contributed by atoms with van der Waals surface area (Å²) in [6.07, 6.45) is 1.65. The van der Waals surface area contributed by atoms with Crippen molar-refractivity contribution in [2.45, 2.75) is 18.4 Å². The minimum absolute atomic E-state index is 0.305. The number of hydrogen-bond donors (Lipinski definition) is 2. The van der Waals surface area contributed by atoms with Crippen molar-refractivity contribution < 1.29 is 19.4 Å². The van der Waals surface area contributed by atoms with Gasteiger partial charge in [0.05, 0.1) is 6.61 Å². The van der Waals surface area contributed by atoms with E-state index in [9.17, 15) is 4.79 Å². The summed E-state index contributed by atoms with van der Waals surface area (Å²) >= 11 is 0. The molecule has 1 fully saturated rings. The number of carboxylic acid groups (broad SMARTS) is 1. The van der Waals surface area contributed by atoms with Crippen molar-refractivity contribution in [2.24, 2.45) is 5.73 Å². The summed E-state index contributed by atoms with van der Waals surface area (Å²) < 4.78 is 10.4. The molecule has 0 bridgehead atoms. The van der Waals surface area contributed by atoms with Crippen LogP contribution in [0, 0.1) is 0 Å². The van der Waals surface area contributed by atoms with Crippen LogP contribution >= 0.6 is 0 Å². The lowest BCUT2D eigenvalue weighted by molar-refractivity contribution is -0.160. The maximum Gasteiger partial charge on any atom is 0.329 e. The summed E-state index contributed by atoms with van der Waals surface area (Å²) in [5, 5.41) is 8.45. The second-order valence-electron chi connectivity index (χ2n) is 3.23. The molecule has 0 radical (unpaired) electrons. The molecule has 1 saturated heterocycles. The van der Waals surface area contributed by atoms with Gasteiger partial charge in [-0.3, -0.25) is 0 Å². The molecule has 1 aliphatic heterocycles. The standard InChI is InChI=1S/C8H15NO4/c9-5-8(13-4-7(10)11)2-1-3-12-6-8/h1-6,9H2,(H,10,11). The Morgan fingerprint density at radius 2 is 2.46 bits per heavy atom. The molecule has 76 valence electrons. The Hall–Kier alpha value is -0.650. The van der Waals surface area contributed by atoms with Crippen molar-refractivity contribution in [3.63, 3.8) is 0 Å². The highest BCUT2D eigenvalue weighted by Gasteiger charge is 2.33. The molecule has 0 spiro atoms. The van der Waals surface area contributed by atoms with E-state index in [0.29, 0.717) is 19.8 Å². The topological polar surface area (TPSA) is 81.8 Å². The van der Waals surface area contributed by atoms with Gasteiger partial charge in [-0.05, 0) is 12.8 Å². The molecule has 1 heterocycles. The number of nitrogens with two attached hydrogens (primary N) is 1. The fourth-order valence-corrected chi connectivity index (χ4v) is 1.38. The molecule has 5 nitrogen and oxygen atoms in total. The van der Waals surface area contributed by atoms with Crippen LogP contribution in [0.2, 0.25) is 0 Å². The van der Waals surface area contributed by atoms with E-state index in [1.165, 1.54) is 0 Å². The van der Waals surface area contributed by atoms with Gasteiger partial charge in [0.15, 0.2) is 0 Å². The maximum atomic E-state index is 10.3. The summed E-state index contributed by atoms with van der Waals surface area (Å²) in [5.41, 5.74) is 4.95. The van der Waals surface area contributed by atoms with Gasteiger partial charge < -0.3 is 20.3 Å². The number of carbonyl (C=O) groups is 1. The third-order valence-corrected chi connectivity index (χ3v) is 2.16. The third kappa shape index (κ3) is 2.95. The van der Waals surface area contributed by atoms with Gasteiger partial charge in [0.25, 0.3) is 0 Å². The molecule has 13 heavy (non-hydrogen) atoms. The zero-order valence-electron chi connectivity index (χ0n) is 7.49. The van der Waals surface area contributed by atoms with Crippen LogP contribution in [0.3, 0.4) is 0 Å². The monoisotopic (exact) mass is 189 g/mol. The normalized spacial score (nSPS) is 28.7. The van der Waals surface area contributed by atoms with E-state index in [4.69, 9.17) is 20.3 Å². The van der Waals surface area contributed by atoms with E-state index in [1.54, 1.807) is 0 Å². The SMILES string of the molecule is NCC1(OCC(=O)O)CCCOC1. The van der Waals surface area contributed by atoms with Crippen molar-refractivity contribution >= 4 is 5.97 Å². The molecular weight excluding hydrogens is 174 g/mol. The van der Waals surface area contributed by atoms with E-state index in [0.717, 1.165) is 12.8 Å². The van der Waals surface area contributed by atoms with Gasteiger partial charge in [-0.2, -0.15) is 0 Å². The van der Waals surface area contributed by atoms with Gasteiger partial charge in [-0.25, -0.2) is 4.79 Å². The van der Waals surface area contributed by atoms with Crippen LogP contribution in [-0.2, 0) is 14.3 Å². The van der Waals surface area contributed by atoms with E-state index in [2.05, 4.69) is 0 Å². The molecule has 0 amide bonds. The van der Waals surface area contributed by atoms with Gasteiger partial charge in [0, 0.05) is 13.2 Å². The highest BCUT2D eigenvalue weighted by molar-refractivity contribution is 5.68. The molecule has 1 rings (SSSR count). The van der Waals surface area contributed by atoms with Crippen LogP contribution in [0.4, 0.5) is 0 Å². The lowest BCUT2D eigenvalue weighted by Gasteiger charge is -2.35. The van der Waals surface area contributed by atoms with Crippen molar-refractivity contribution in [3.05, 3.63) is 0 Å². The van der Waals surface area contributed by atoms with Crippen molar-refractivity contribution in [1.82, 2.24) is 0 Å². The first-order valence-electron chi connectivity index (χ1n) is 4.32. The predicted octanol–water partition coefficient (Wildman–Crippen LogP) is -0.405. The zero-order valence-corrected chi connectivity index (χ0v) is 7.49. The van der Waals surface area contributed by atoms with Crippen LogP contribution in [-0.4, -0.2) is 43.0 Å². The second kappa shape index (κ2) is 4.55. The number of hydrogen-bond acceptors (Lipinski definition) is 4. The lowest BCUT2D eigenvalue weighted by Crippen LogP contribution is -2.48. The Balaban J connectivity index is 2.42. The predicted molar refractivity (Wildman–Crippen MR) is 45.4 cm³/mol. The fraction of sp³-hybridized carbons (Fsp3) is 0.875. The molecule has 1 unspecified atom stereocenters. The van der Waals surface area contributed by atoms with Crippen molar-refractivity contribution in [3.8, 4) is 0 Å². The van der Waals surface area contributed by atoms with E-state index in [-0.39, 0.29) is 6.61 Å². The highest BCUT2D eigenvalue weighted by atomic mass is 16.6. The summed E-state index contributed by atoms with van der Waals surface area (Å²) in [7, 11) is 0. The second-order valence-corrected chi connectivity index (χ2v) is 3.23. The molecule has 5 heteroatoms. The molecule has 1 aliphatic rings. The number of rotatable bonds is 4. The lowest BCUT2D eigenvalue weighted by atomic mass is 9.97. The number of ether oxygens (including phenoxy) is 2. The minimum Gasteiger partial charge on any atom is -0.480 e. The smallest absolute Gasteiger partial charge is 0.329 e. The van der Waals surface area contributed by atoms with Gasteiger partial charge in [-0.15, -0.1) is 0 Å². The Bertz CT molecular complexity index is 177. The maximum absolute atomic E-state index is 10.3. The zero-order chi connectivity index (χ0) is 9.73. The number of carboxylic acids is 1.